The Labute approximate surface area is 172 Å². The van der Waals surface area contributed by atoms with E-state index in [1.165, 1.54) is 17.3 Å². The molecule has 7 heteroatoms. The lowest BCUT2D eigenvalue weighted by Crippen LogP contribution is -2.36. The van der Waals surface area contributed by atoms with Gasteiger partial charge < -0.3 is 25.7 Å². The van der Waals surface area contributed by atoms with Gasteiger partial charge in [0.25, 0.3) is 0 Å². The summed E-state index contributed by atoms with van der Waals surface area (Å²) in [6.45, 7) is 9.32. The molecule has 3 N–H and O–H groups in total. The first-order chi connectivity index (χ1) is 14.1. The van der Waals surface area contributed by atoms with Crippen molar-refractivity contribution in [1.82, 2.24) is 15.3 Å². The smallest absolute Gasteiger partial charge is 0.136 e. The molecular weight excluding hydrogens is 364 g/mol. The summed E-state index contributed by atoms with van der Waals surface area (Å²) in [6.07, 6.45) is 3.72. The standard InChI is InChI=1S/C22H30N6O/c1-15-11-18(14-23)20(12-19(15)17-3-5-24-6-4-17)27-21-13-22(26-16(2)25-21)28-7-9-29-10-8-28/h11-14,17,23-24H,3-10H2,1-2H3,(H,25,26,27). The number of aromatic nitrogens is 2. The maximum atomic E-state index is 7.88. The molecule has 0 aliphatic carbocycles. The van der Waals surface area contributed by atoms with Gasteiger partial charge in [0.2, 0.25) is 0 Å². The van der Waals surface area contributed by atoms with Crippen LogP contribution in [0, 0.1) is 19.3 Å². The van der Waals surface area contributed by atoms with Gasteiger partial charge >= 0.3 is 0 Å². The van der Waals surface area contributed by atoms with Crippen molar-refractivity contribution >= 4 is 23.5 Å². The van der Waals surface area contributed by atoms with Gasteiger partial charge in [-0.1, -0.05) is 0 Å². The van der Waals surface area contributed by atoms with Crippen molar-refractivity contribution in [3.05, 3.63) is 40.7 Å². The minimum absolute atomic E-state index is 0.563. The number of nitrogens with zero attached hydrogens (tertiary/aromatic N) is 3. The molecule has 0 atom stereocenters. The van der Waals surface area contributed by atoms with E-state index in [-0.39, 0.29) is 0 Å². The molecule has 1 aromatic heterocycles. The molecule has 4 rings (SSSR count). The summed E-state index contributed by atoms with van der Waals surface area (Å²) in [5.41, 5.74) is 4.45. The second kappa shape index (κ2) is 8.88. The van der Waals surface area contributed by atoms with Gasteiger partial charge in [0.05, 0.1) is 13.2 Å². The normalized spacial score (nSPS) is 17.9. The molecule has 0 unspecified atom stereocenters. The second-order valence-corrected chi connectivity index (χ2v) is 7.85. The zero-order chi connectivity index (χ0) is 20.2. The molecule has 2 aliphatic rings. The number of benzene rings is 1. The zero-order valence-electron chi connectivity index (χ0n) is 17.3. The largest absolute Gasteiger partial charge is 0.378 e. The number of rotatable bonds is 5. The molecule has 0 saturated carbocycles. The second-order valence-electron chi connectivity index (χ2n) is 7.85. The first-order valence-electron chi connectivity index (χ1n) is 10.4. The van der Waals surface area contributed by atoms with Gasteiger partial charge in [0.15, 0.2) is 0 Å². The maximum absolute atomic E-state index is 7.88. The number of morpholine rings is 1. The summed E-state index contributed by atoms with van der Waals surface area (Å²) in [6, 6.07) is 6.33. The topological polar surface area (TPSA) is 86.2 Å². The average Bonchev–Trinajstić information content (AvgIpc) is 2.75. The van der Waals surface area contributed by atoms with E-state index in [9.17, 15) is 0 Å². The average molecular weight is 395 g/mol. The van der Waals surface area contributed by atoms with Gasteiger partial charge in [0, 0.05) is 36.6 Å². The van der Waals surface area contributed by atoms with Crippen LogP contribution in [0.4, 0.5) is 17.3 Å². The summed E-state index contributed by atoms with van der Waals surface area (Å²) >= 11 is 0. The van der Waals surface area contributed by atoms with Crippen molar-refractivity contribution in [2.75, 3.05) is 49.6 Å². The van der Waals surface area contributed by atoms with Crippen molar-refractivity contribution in [2.24, 2.45) is 0 Å². The van der Waals surface area contributed by atoms with Crippen LogP contribution >= 0.6 is 0 Å². The molecule has 2 saturated heterocycles. The molecule has 1 aromatic carbocycles. The lowest BCUT2D eigenvalue weighted by Gasteiger charge is -2.28. The number of hydrogen-bond acceptors (Lipinski definition) is 7. The molecular formula is C22H30N6O. The van der Waals surface area contributed by atoms with Gasteiger partial charge in [-0.25, -0.2) is 9.97 Å². The van der Waals surface area contributed by atoms with E-state index < -0.39 is 0 Å². The summed E-state index contributed by atoms with van der Waals surface area (Å²) in [4.78, 5) is 11.4. The quantitative estimate of drug-likeness (QED) is 0.676. The van der Waals surface area contributed by atoms with Crippen LogP contribution in [0.5, 0.6) is 0 Å². The van der Waals surface area contributed by atoms with Crippen LogP contribution in [0.1, 0.15) is 41.3 Å². The van der Waals surface area contributed by atoms with Crippen LogP contribution in [-0.2, 0) is 4.74 Å². The van der Waals surface area contributed by atoms with Gasteiger partial charge in [-0.2, -0.15) is 0 Å². The zero-order valence-corrected chi connectivity index (χ0v) is 17.3. The van der Waals surface area contributed by atoms with E-state index in [0.717, 1.165) is 80.9 Å². The van der Waals surface area contributed by atoms with Crippen LogP contribution in [0.3, 0.4) is 0 Å². The molecule has 154 valence electrons. The molecule has 3 heterocycles. The number of hydrogen-bond donors (Lipinski definition) is 3. The van der Waals surface area contributed by atoms with E-state index >= 15 is 0 Å². The fourth-order valence-corrected chi connectivity index (χ4v) is 4.26. The third-order valence-corrected chi connectivity index (χ3v) is 5.79. The minimum atomic E-state index is 0.563. The Balaban J connectivity index is 1.64. The third kappa shape index (κ3) is 4.57. The maximum Gasteiger partial charge on any atom is 0.136 e. The number of aryl methyl sites for hydroxylation is 2. The summed E-state index contributed by atoms with van der Waals surface area (Å²) < 4.78 is 5.46. The van der Waals surface area contributed by atoms with Crippen molar-refractivity contribution in [3.8, 4) is 0 Å². The molecule has 0 bridgehead atoms. The van der Waals surface area contributed by atoms with Crippen LogP contribution in [-0.4, -0.2) is 55.6 Å². The monoisotopic (exact) mass is 394 g/mol. The lowest BCUT2D eigenvalue weighted by atomic mass is 9.86. The first kappa shape index (κ1) is 19.8. The van der Waals surface area contributed by atoms with E-state index in [2.05, 4.69) is 44.6 Å². The fraction of sp³-hybridized carbons (Fsp3) is 0.500. The molecule has 2 fully saturated rings. The highest BCUT2D eigenvalue weighted by Crippen LogP contribution is 2.33. The number of piperidine rings is 1. The van der Waals surface area contributed by atoms with Crippen LogP contribution in [0.25, 0.3) is 0 Å². The van der Waals surface area contributed by atoms with Crippen LogP contribution < -0.4 is 15.5 Å². The van der Waals surface area contributed by atoms with Crippen molar-refractivity contribution in [2.45, 2.75) is 32.6 Å². The van der Waals surface area contributed by atoms with Crippen LogP contribution in [0.15, 0.2) is 18.2 Å². The summed E-state index contributed by atoms with van der Waals surface area (Å²) in [7, 11) is 0. The number of ether oxygens (including phenoxy) is 1. The Hall–Kier alpha value is -2.51. The predicted molar refractivity (Wildman–Crippen MR) is 117 cm³/mol. The highest BCUT2D eigenvalue weighted by molar-refractivity contribution is 5.88. The highest BCUT2D eigenvalue weighted by atomic mass is 16.5. The molecule has 0 radical (unpaired) electrons. The molecule has 29 heavy (non-hydrogen) atoms. The summed E-state index contributed by atoms with van der Waals surface area (Å²) in [5.74, 6) is 2.99. The third-order valence-electron chi connectivity index (χ3n) is 5.79. The Bertz CT molecular complexity index is 872. The minimum Gasteiger partial charge on any atom is -0.378 e. The van der Waals surface area contributed by atoms with Gasteiger partial charge in [-0.3, -0.25) is 0 Å². The van der Waals surface area contributed by atoms with Crippen LogP contribution in [0.2, 0.25) is 0 Å². The van der Waals surface area contributed by atoms with Crippen molar-refractivity contribution in [1.29, 1.82) is 5.41 Å². The Morgan fingerprint density at radius 2 is 1.90 bits per heavy atom. The lowest BCUT2D eigenvalue weighted by molar-refractivity contribution is 0.122. The Morgan fingerprint density at radius 3 is 2.62 bits per heavy atom. The van der Waals surface area contributed by atoms with Crippen molar-refractivity contribution in [3.63, 3.8) is 0 Å². The molecule has 2 aliphatic heterocycles. The SMILES string of the molecule is Cc1nc(Nc2cc(C3CCNCC3)c(C)cc2C=N)cc(N2CCOCC2)n1. The van der Waals surface area contributed by atoms with E-state index in [0.29, 0.717) is 5.92 Å². The Morgan fingerprint density at radius 1 is 1.14 bits per heavy atom. The van der Waals surface area contributed by atoms with Gasteiger partial charge in [0.1, 0.15) is 17.5 Å². The molecule has 0 spiro atoms. The van der Waals surface area contributed by atoms with E-state index in [4.69, 9.17) is 10.1 Å². The molecule has 7 nitrogen and oxygen atoms in total. The van der Waals surface area contributed by atoms with E-state index in [1.807, 2.05) is 13.0 Å². The predicted octanol–water partition coefficient (Wildman–Crippen LogP) is 3.14. The number of anilines is 3. The number of nitrogens with one attached hydrogen (secondary N) is 3. The van der Waals surface area contributed by atoms with Gasteiger partial charge in [-0.15, -0.1) is 0 Å². The summed E-state index contributed by atoms with van der Waals surface area (Å²) in [5, 5.41) is 14.8. The van der Waals surface area contributed by atoms with E-state index in [1.54, 1.807) is 0 Å². The molecule has 0 amide bonds. The Kier molecular flexibility index (Phi) is 6.06. The van der Waals surface area contributed by atoms with Gasteiger partial charge in [-0.05, 0) is 69.0 Å². The fourth-order valence-electron chi connectivity index (χ4n) is 4.26. The highest BCUT2D eigenvalue weighted by Gasteiger charge is 2.19. The molecule has 2 aromatic rings. The van der Waals surface area contributed by atoms with Crippen molar-refractivity contribution < 1.29 is 4.74 Å². The first-order valence-corrected chi connectivity index (χ1v) is 10.4.